The van der Waals surface area contributed by atoms with Crippen LogP contribution in [-0.2, 0) is 10.0 Å². The molecule has 0 saturated carbocycles. The molecule has 0 radical (unpaired) electrons. The molecule has 0 aliphatic carbocycles. The van der Waals surface area contributed by atoms with E-state index in [1.165, 1.54) is 19.2 Å². The van der Waals surface area contributed by atoms with Crippen LogP contribution in [0.25, 0.3) is 0 Å². The summed E-state index contributed by atoms with van der Waals surface area (Å²) in [6.45, 7) is 1.85. The van der Waals surface area contributed by atoms with E-state index in [0.717, 1.165) is 11.8 Å². The van der Waals surface area contributed by atoms with Crippen molar-refractivity contribution in [1.29, 1.82) is 0 Å². The summed E-state index contributed by atoms with van der Waals surface area (Å²) >= 11 is 0. The fourth-order valence-corrected chi connectivity index (χ4v) is 2.74. The number of halogens is 1. The predicted molar refractivity (Wildman–Crippen MR) is 90.4 cm³/mol. The molecule has 2 aromatic rings. The summed E-state index contributed by atoms with van der Waals surface area (Å²) in [6, 6.07) is 6.97. The Hall–Kier alpha value is -2.63. The molecule has 25 heavy (non-hydrogen) atoms. The van der Waals surface area contributed by atoms with Crippen molar-refractivity contribution in [3.05, 3.63) is 48.0 Å². The number of aryl methyl sites for hydroxylation is 1. The minimum absolute atomic E-state index is 0.0264. The molecular formula is C17H17FN2O4S. The van der Waals surface area contributed by atoms with E-state index in [4.69, 9.17) is 9.47 Å². The highest BCUT2D eigenvalue weighted by molar-refractivity contribution is 7.89. The topological polar surface area (TPSA) is 77.5 Å². The van der Waals surface area contributed by atoms with Crippen molar-refractivity contribution in [3.63, 3.8) is 0 Å². The number of pyridine rings is 1. The Morgan fingerprint density at radius 3 is 2.68 bits per heavy atom. The van der Waals surface area contributed by atoms with Gasteiger partial charge in [0.25, 0.3) is 0 Å². The van der Waals surface area contributed by atoms with E-state index in [-0.39, 0.29) is 23.8 Å². The molecule has 132 valence electrons. The molecule has 0 saturated heterocycles. The maximum Gasteiger partial charge on any atom is 0.241 e. The molecule has 0 unspecified atom stereocenters. The van der Waals surface area contributed by atoms with Crippen molar-refractivity contribution in [1.82, 2.24) is 9.71 Å². The van der Waals surface area contributed by atoms with Crippen LogP contribution in [0.1, 0.15) is 5.69 Å². The average molecular weight is 364 g/mol. The van der Waals surface area contributed by atoms with Gasteiger partial charge in [-0.1, -0.05) is 11.8 Å². The molecule has 1 aromatic heterocycles. The molecule has 8 heteroatoms. The third kappa shape index (κ3) is 5.45. The second-order valence-corrected chi connectivity index (χ2v) is 6.67. The number of nitrogens with zero attached hydrogens (tertiary/aromatic N) is 1. The van der Waals surface area contributed by atoms with Gasteiger partial charge in [-0.3, -0.25) is 4.98 Å². The van der Waals surface area contributed by atoms with Crippen LogP contribution in [0.3, 0.4) is 0 Å². The zero-order valence-corrected chi connectivity index (χ0v) is 14.6. The first kappa shape index (κ1) is 18.7. The van der Waals surface area contributed by atoms with Crippen LogP contribution in [0.4, 0.5) is 4.39 Å². The van der Waals surface area contributed by atoms with Crippen molar-refractivity contribution in [2.75, 3.05) is 20.3 Å². The number of hydrogen-bond donors (Lipinski definition) is 1. The lowest BCUT2D eigenvalue weighted by Gasteiger charge is -2.06. The summed E-state index contributed by atoms with van der Waals surface area (Å²) in [7, 11) is -2.55. The van der Waals surface area contributed by atoms with E-state index in [1.54, 1.807) is 12.3 Å². The second kappa shape index (κ2) is 8.46. The minimum Gasteiger partial charge on any atom is -0.494 e. The van der Waals surface area contributed by atoms with Gasteiger partial charge in [0.2, 0.25) is 10.0 Å². The lowest BCUT2D eigenvalue weighted by atomic mass is 10.3. The molecule has 0 atom stereocenters. The predicted octanol–water partition coefficient (Wildman–Crippen LogP) is 1.90. The number of rotatable bonds is 6. The molecule has 1 aromatic carbocycles. The molecule has 1 N–H and O–H groups in total. The molecule has 0 aliphatic rings. The fraction of sp³-hybridized carbons (Fsp3) is 0.235. The number of benzene rings is 1. The van der Waals surface area contributed by atoms with Gasteiger partial charge in [-0.05, 0) is 37.3 Å². The van der Waals surface area contributed by atoms with Gasteiger partial charge < -0.3 is 9.47 Å². The van der Waals surface area contributed by atoms with Crippen LogP contribution in [-0.4, -0.2) is 33.7 Å². The Morgan fingerprint density at radius 1 is 1.24 bits per heavy atom. The number of nitrogens with one attached hydrogen (secondary N) is 1. The lowest BCUT2D eigenvalue weighted by Crippen LogP contribution is -2.24. The van der Waals surface area contributed by atoms with E-state index in [2.05, 4.69) is 21.5 Å². The Labute approximate surface area is 146 Å². The van der Waals surface area contributed by atoms with Crippen molar-refractivity contribution in [2.45, 2.75) is 11.8 Å². The number of hydrogen-bond acceptors (Lipinski definition) is 5. The number of methoxy groups -OCH3 is 1. The van der Waals surface area contributed by atoms with Crippen LogP contribution < -0.4 is 14.2 Å². The third-order valence-electron chi connectivity index (χ3n) is 3.10. The number of sulfonamides is 1. The molecule has 0 amide bonds. The van der Waals surface area contributed by atoms with Crippen molar-refractivity contribution >= 4 is 10.0 Å². The van der Waals surface area contributed by atoms with Gasteiger partial charge in [-0.25, -0.2) is 12.8 Å². The monoisotopic (exact) mass is 364 g/mol. The molecule has 6 nitrogen and oxygen atoms in total. The molecule has 2 rings (SSSR count). The smallest absolute Gasteiger partial charge is 0.241 e. The van der Waals surface area contributed by atoms with Crippen molar-refractivity contribution in [2.24, 2.45) is 0 Å². The van der Waals surface area contributed by atoms with E-state index in [1.807, 2.05) is 13.0 Å². The van der Waals surface area contributed by atoms with Crippen LogP contribution in [0, 0.1) is 24.6 Å². The molecule has 1 heterocycles. The molecule has 0 fully saturated rings. The van der Waals surface area contributed by atoms with Crippen LogP contribution in [0.15, 0.2) is 41.4 Å². The Morgan fingerprint density at radius 2 is 2.04 bits per heavy atom. The third-order valence-corrected chi connectivity index (χ3v) is 4.50. The molecule has 0 aliphatic heterocycles. The normalized spacial score (nSPS) is 10.7. The van der Waals surface area contributed by atoms with Gasteiger partial charge in [-0.2, -0.15) is 4.72 Å². The Kier molecular flexibility index (Phi) is 6.33. The molecule has 0 bridgehead atoms. The fourth-order valence-electron chi connectivity index (χ4n) is 1.80. The first-order valence-electron chi connectivity index (χ1n) is 7.27. The van der Waals surface area contributed by atoms with Gasteiger partial charge in [-0.15, -0.1) is 0 Å². The zero-order chi connectivity index (χ0) is 18.3. The van der Waals surface area contributed by atoms with E-state index in [9.17, 15) is 12.8 Å². The quantitative estimate of drug-likeness (QED) is 0.792. The van der Waals surface area contributed by atoms with E-state index < -0.39 is 15.8 Å². The summed E-state index contributed by atoms with van der Waals surface area (Å²) in [5.41, 5.74) is 0.878. The van der Waals surface area contributed by atoms with E-state index in [0.29, 0.717) is 5.75 Å². The molecule has 0 spiro atoms. The lowest BCUT2D eigenvalue weighted by molar-refractivity contribution is 0.368. The van der Waals surface area contributed by atoms with Gasteiger partial charge in [0.05, 0.1) is 24.7 Å². The van der Waals surface area contributed by atoms with Gasteiger partial charge >= 0.3 is 0 Å². The Balaban J connectivity index is 1.86. The summed E-state index contributed by atoms with van der Waals surface area (Å²) in [5.74, 6) is 5.11. The van der Waals surface area contributed by atoms with Gasteiger partial charge in [0.1, 0.15) is 12.4 Å². The van der Waals surface area contributed by atoms with Crippen LogP contribution in [0.5, 0.6) is 11.5 Å². The van der Waals surface area contributed by atoms with E-state index >= 15 is 0 Å². The first-order valence-corrected chi connectivity index (χ1v) is 8.75. The Bertz CT molecular complexity index is 887. The summed E-state index contributed by atoms with van der Waals surface area (Å²) in [4.78, 5) is 3.88. The zero-order valence-electron chi connectivity index (χ0n) is 13.7. The van der Waals surface area contributed by atoms with Crippen molar-refractivity contribution < 1.29 is 22.3 Å². The highest BCUT2D eigenvalue weighted by atomic mass is 32.2. The minimum atomic E-state index is -3.85. The standard InChI is InChI=1S/C17H17FN2O4S/c1-13-5-6-14(12-19-13)24-10-4-3-9-20-25(21,22)15-7-8-17(23-2)16(18)11-15/h5-8,11-12,20H,9-10H2,1-2H3. The maximum atomic E-state index is 13.6. The highest BCUT2D eigenvalue weighted by Gasteiger charge is 2.15. The van der Waals surface area contributed by atoms with Gasteiger partial charge in [0, 0.05) is 5.69 Å². The van der Waals surface area contributed by atoms with Crippen molar-refractivity contribution in [3.8, 4) is 23.3 Å². The summed E-state index contributed by atoms with van der Waals surface area (Å²) < 4.78 is 50.0. The highest BCUT2D eigenvalue weighted by Crippen LogP contribution is 2.20. The number of ether oxygens (including phenoxy) is 2. The first-order chi connectivity index (χ1) is 11.9. The summed E-state index contributed by atoms with van der Waals surface area (Å²) in [5, 5.41) is 0. The second-order valence-electron chi connectivity index (χ2n) is 4.90. The summed E-state index contributed by atoms with van der Waals surface area (Å²) in [6.07, 6.45) is 1.58. The van der Waals surface area contributed by atoms with Crippen LogP contribution in [0.2, 0.25) is 0 Å². The molecular weight excluding hydrogens is 347 g/mol. The maximum absolute atomic E-state index is 13.6. The number of aromatic nitrogens is 1. The van der Waals surface area contributed by atoms with Crippen LogP contribution >= 0.6 is 0 Å². The largest absolute Gasteiger partial charge is 0.494 e. The SMILES string of the molecule is COc1ccc(S(=O)(=O)NCC#CCOc2ccc(C)nc2)cc1F. The van der Waals surface area contributed by atoms with Gasteiger partial charge in [0.15, 0.2) is 11.6 Å². The average Bonchev–Trinajstić information content (AvgIpc) is 2.59.